The van der Waals surface area contributed by atoms with E-state index in [0.29, 0.717) is 6.04 Å². The van der Waals surface area contributed by atoms with Crippen molar-refractivity contribution >= 4 is 0 Å². The van der Waals surface area contributed by atoms with Crippen molar-refractivity contribution in [3.8, 4) is 0 Å². The molecule has 2 saturated carbocycles. The van der Waals surface area contributed by atoms with E-state index >= 15 is 0 Å². The summed E-state index contributed by atoms with van der Waals surface area (Å²) in [5, 5.41) is 3.87. The Kier molecular flexibility index (Phi) is 3.15. The lowest BCUT2D eigenvalue weighted by Crippen LogP contribution is -2.32. The third-order valence-electron chi connectivity index (χ3n) is 4.21. The number of hydrogen-bond acceptors (Lipinski definition) is 2. The average molecular weight is 230 g/mol. The first-order valence-corrected chi connectivity index (χ1v) is 7.02. The SMILES string of the molecule is Cc1cccnc1C(NC1CCCC1)C1CC1. The van der Waals surface area contributed by atoms with Crippen molar-refractivity contribution in [2.45, 2.75) is 57.5 Å². The van der Waals surface area contributed by atoms with Gasteiger partial charge in [-0.2, -0.15) is 0 Å². The summed E-state index contributed by atoms with van der Waals surface area (Å²) in [6, 6.07) is 5.48. The highest BCUT2D eigenvalue weighted by atomic mass is 15.0. The van der Waals surface area contributed by atoms with Crippen LogP contribution in [0.25, 0.3) is 0 Å². The molecule has 1 atom stereocenters. The normalized spacial score (nSPS) is 22.9. The molecule has 17 heavy (non-hydrogen) atoms. The van der Waals surface area contributed by atoms with E-state index < -0.39 is 0 Å². The van der Waals surface area contributed by atoms with Gasteiger partial charge in [-0.1, -0.05) is 18.9 Å². The summed E-state index contributed by atoms with van der Waals surface area (Å²) in [6.07, 6.45) is 10.2. The van der Waals surface area contributed by atoms with E-state index in [1.807, 2.05) is 12.3 Å². The van der Waals surface area contributed by atoms with Crippen LogP contribution in [0, 0.1) is 12.8 Å². The Morgan fingerprint density at radius 3 is 2.65 bits per heavy atom. The minimum absolute atomic E-state index is 0.513. The van der Waals surface area contributed by atoms with Gasteiger partial charge in [0.2, 0.25) is 0 Å². The summed E-state index contributed by atoms with van der Waals surface area (Å²) in [5.41, 5.74) is 2.64. The predicted octanol–water partition coefficient (Wildman–Crippen LogP) is 3.37. The topological polar surface area (TPSA) is 24.9 Å². The second-order valence-electron chi connectivity index (χ2n) is 5.67. The first kappa shape index (κ1) is 11.2. The number of pyridine rings is 1. The number of aromatic nitrogens is 1. The Morgan fingerprint density at radius 2 is 2.00 bits per heavy atom. The summed E-state index contributed by atoms with van der Waals surface area (Å²) in [7, 11) is 0. The van der Waals surface area contributed by atoms with Gasteiger partial charge in [-0.25, -0.2) is 0 Å². The fourth-order valence-corrected chi connectivity index (χ4v) is 3.04. The maximum Gasteiger partial charge on any atom is 0.0605 e. The van der Waals surface area contributed by atoms with Crippen molar-refractivity contribution in [2.75, 3.05) is 0 Å². The van der Waals surface area contributed by atoms with Gasteiger partial charge in [-0.05, 0) is 50.2 Å². The summed E-state index contributed by atoms with van der Waals surface area (Å²) in [5.74, 6) is 0.837. The van der Waals surface area contributed by atoms with E-state index in [2.05, 4.69) is 23.3 Å². The number of aryl methyl sites for hydroxylation is 1. The summed E-state index contributed by atoms with van der Waals surface area (Å²) >= 11 is 0. The van der Waals surface area contributed by atoms with Crippen molar-refractivity contribution in [1.82, 2.24) is 10.3 Å². The molecule has 2 aliphatic rings. The van der Waals surface area contributed by atoms with Gasteiger partial charge >= 0.3 is 0 Å². The number of hydrogen-bond donors (Lipinski definition) is 1. The highest BCUT2D eigenvalue weighted by Crippen LogP contribution is 2.42. The molecule has 0 spiro atoms. The van der Waals surface area contributed by atoms with Crippen LogP contribution in [0.3, 0.4) is 0 Å². The molecule has 0 bridgehead atoms. The second-order valence-corrected chi connectivity index (χ2v) is 5.67. The highest BCUT2D eigenvalue weighted by Gasteiger charge is 2.35. The first-order chi connectivity index (χ1) is 8.34. The van der Waals surface area contributed by atoms with Crippen molar-refractivity contribution in [3.05, 3.63) is 29.6 Å². The molecule has 2 aliphatic carbocycles. The quantitative estimate of drug-likeness (QED) is 0.857. The Balaban J connectivity index is 1.77. The van der Waals surface area contributed by atoms with E-state index in [1.54, 1.807) is 0 Å². The molecule has 0 aromatic carbocycles. The molecule has 2 fully saturated rings. The zero-order chi connectivity index (χ0) is 11.7. The lowest BCUT2D eigenvalue weighted by Gasteiger charge is -2.23. The summed E-state index contributed by atoms with van der Waals surface area (Å²) in [6.45, 7) is 2.19. The fourth-order valence-electron chi connectivity index (χ4n) is 3.04. The van der Waals surface area contributed by atoms with Crippen molar-refractivity contribution in [2.24, 2.45) is 5.92 Å². The zero-order valence-electron chi connectivity index (χ0n) is 10.7. The zero-order valence-corrected chi connectivity index (χ0v) is 10.7. The maximum absolute atomic E-state index is 4.62. The number of nitrogens with zero attached hydrogens (tertiary/aromatic N) is 1. The van der Waals surface area contributed by atoms with Gasteiger partial charge in [0.25, 0.3) is 0 Å². The van der Waals surface area contributed by atoms with E-state index in [-0.39, 0.29) is 0 Å². The largest absolute Gasteiger partial charge is 0.306 e. The van der Waals surface area contributed by atoms with E-state index in [9.17, 15) is 0 Å². The standard InChI is InChI=1S/C15H22N2/c1-11-5-4-10-16-14(11)15(12-8-9-12)17-13-6-2-3-7-13/h4-5,10,12-13,15,17H,2-3,6-9H2,1H3. The Labute approximate surface area is 104 Å². The molecule has 92 valence electrons. The van der Waals surface area contributed by atoms with Gasteiger partial charge in [0.15, 0.2) is 0 Å². The molecule has 1 aromatic rings. The molecular formula is C15H22N2. The Bertz CT molecular complexity index is 378. The molecule has 1 heterocycles. The minimum Gasteiger partial charge on any atom is -0.306 e. The maximum atomic E-state index is 4.62. The van der Waals surface area contributed by atoms with Crippen LogP contribution in [0.15, 0.2) is 18.3 Å². The molecule has 0 saturated heterocycles. The molecule has 2 nitrogen and oxygen atoms in total. The van der Waals surface area contributed by atoms with E-state index in [1.165, 1.54) is 49.8 Å². The van der Waals surface area contributed by atoms with Crippen molar-refractivity contribution in [1.29, 1.82) is 0 Å². The van der Waals surface area contributed by atoms with Gasteiger partial charge in [-0.3, -0.25) is 4.98 Å². The second kappa shape index (κ2) is 4.77. The molecule has 1 aromatic heterocycles. The van der Waals surface area contributed by atoms with Gasteiger partial charge in [0.05, 0.1) is 11.7 Å². The minimum atomic E-state index is 0.513. The molecular weight excluding hydrogens is 208 g/mol. The fraction of sp³-hybridized carbons (Fsp3) is 0.667. The third-order valence-corrected chi connectivity index (χ3v) is 4.21. The molecule has 0 aliphatic heterocycles. The van der Waals surface area contributed by atoms with Gasteiger partial charge in [0, 0.05) is 12.2 Å². The van der Waals surface area contributed by atoms with Crippen LogP contribution in [-0.4, -0.2) is 11.0 Å². The van der Waals surface area contributed by atoms with E-state index in [0.717, 1.165) is 12.0 Å². The van der Waals surface area contributed by atoms with Crippen molar-refractivity contribution in [3.63, 3.8) is 0 Å². The van der Waals surface area contributed by atoms with Crippen LogP contribution in [0.5, 0.6) is 0 Å². The van der Waals surface area contributed by atoms with Gasteiger partial charge in [0.1, 0.15) is 0 Å². The number of rotatable bonds is 4. The van der Waals surface area contributed by atoms with Crippen LogP contribution < -0.4 is 5.32 Å². The Morgan fingerprint density at radius 1 is 1.24 bits per heavy atom. The van der Waals surface area contributed by atoms with Crippen LogP contribution in [0.1, 0.15) is 55.8 Å². The monoisotopic (exact) mass is 230 g/mol. The van der Waals surface area contributed by atoms with Gasteiger partial charge < -0.3 is 5.32 Å². The molecule has 2 heteroatoms. The van der Waals surface area contributed by atoms with Crippen LogP contribution in [-0.2, 0) is 0 Å². The molecule has 1 unspecified atom stereocenters. The molecule has 0 amide bonds. The third kappa shape index (κ3) is 2.52. The van der Waals surface area contributed by atoms with Gasteiger partial charge in [-0.15, -0.1) is 0 Å². The molecule has 0 radical (unpaired) electrons. The lowest BCUT2D eigenvalue weighted by molar-refractivity contribution is 0.398. The highest BCUT2D eigenvalue weighted by molar-refractivity contribution is 5.23. The Hall–Kier alpha value is -0.890. The predicted molar refractivity (Wildman–Crippen MR) is 69.8 cm³/mol. The lowest BCUT2D eigenvalue weighted by atomic mass is 10.0. The first-order valence-electron chi connectivity index (χ1n) is 7.02. The smallest absolute Gasteiger partial charge is 0.0605 e. The van der Waals surface area contributed by atoms with Crippen LogP contribution in [0.2, 0.25) is 0 Å². The van der Waals surface area contributed by atoms with Crippen LogP contribution in [0.4, 0.5) is 0 Å². The summed E-state index contributed by atoms with van der Waals surface area (Å²) in [4.78, 5) is 4.62. The van der Waals surface area contributed by atoms with Crippen molar-refractivity contribution < 1.29 is 0 Å². The molecule has 1 N–H and O–H groups in total. The number of nitrogens with one attached hydrogen (secondary N) is 1. The van der Waals surface area contributed by atoms with E-state index in [4.69, 9.17) is 0 Å². The summed E-state index contributed by atoms with van der Waals surface area (Å²) < 4.78 is 0. The molecule has 3 rings (SSSR count). The average Bonchev–Trinajstić information content (AvgIpc) is 3.05. The van der Waals surface area contributed by atoms with Crippen LogP contribution >= 0.6 is 0 Å².